The first-order valence-electron chi connectivity index (χ1n) is 6.86. The monoisotopic (exact) mass is 270 g/mol. The van der Waals surface area contributed by atoms with E-state index in [4.69, 9.17) is 10.5 Å². The molecule has 106 valence electrons. The van der Waals surface area contributed by atoms with Crippen molar-refractivity contribution in [1.82, 2.24) is 0 Å². The lowest BCUT2D eigenvalue weighted by Gasteiger charge is -2.20. The maximum absolute atomic E-state index is 5.84. The number of nitrogens with zero attached hydrogens (tertiary/aromatic N) is 1. The molecule has 0 heterocycles. The van der Waals surface area contributed by atoms with Gasteiger partial charge in [-0.15, -0.1) is 0 Å². The molecule has 0 spiro atoms. The Kier molecular flexibility index (Phi) is 4.51. The minimum absolute atomic E-state index is 0.664. The van der Waals surface area contributed by atoms with E-state index in [0.717, 1.165) is 24.4 Å². The molecular weight excluding hydrogens is 248 g/mol. The van der Waals surface area contributed by atoms with Gasteiger partial charge in [0.2, 0.25) is 0 Å². The Hall–Kier alpha value is -2.16. The van der Waals surface area contributed by atoms with E-state index < -0.39 is 0 Å². The molecule has 0 bridgehead atoms. The number of methoxy groups -OCH3 is 1. The molecular formula is C17H22N2O. The largest absolute Gasteiger partial charge is 0.495 e. The molecule has 0 aromatic heterocycles. The van der Waals surface area contributed by atoms with Crippen molar-refractivity contribution in [3.05, 3.63) is 53.6 Å². The Labute approximate surface area is 121 Å². The molecule has 0 aliphatic carbocycles. The van der Waals surface area contributed by atoms with Gasteiger partial charge in [-0.05, 0) is 29.7 Å². The van der Waals surface area contributed by atoms with Gasteiger partial charge in [0.25, 0.3) is 0 Å². The van der Waals surface area contributed by atoms with Crippen LogP contribution in [0, 0.1) is 0 Å². The predicted octanol–water partition coefficient (Wildman–Crippen LogP) is 3.48. The van der Waals surface area contributed by atoms with Gasteiger partial charge in [0.1, 0.15) is 5.75 Å². The first kappa shape index (κ1) is 14.3. The minimum atomic E-state index is 0.664. The summed E-state index contributed by atoms with van der Waals surface area (Å²) in [4.78, 5) is 2.18. The third-order valence-corrected chi connectivity index (χ3v) is 3.51. The van der Waals surface area contributed by atoms with Gasteiger partial charge in [-0.3, -0.25) is 0 Å². The van der Waals surface area contributed by atoms with Crippen molar-refractivity contribution in [2.75, 3.05) is 24.8 Å². The second kappa shape index (κ2) is 6.33. The van der Waals surface area contributed by atoms with E-state index in [9.17, 15) is 0 Å². The van der Waals surface area contributed by atoms with Gasteiger partial charge < -0.3 is 15.4 Å². The molecule has 20 heavy (non-hydrogen) atoms. The molecule has 2 aromatic carbocycles. The number of ether oxygens (including phenoxy) is 1. The van der Waals surface area contributed by atoms with Crippen LogP contribution >= 0.6 is 0 Å². The Morgan fingerprint density at radius 3 is 2.30 bits per heavy atom. The van der Waals surface area contributed by atoms with Gasteiger partial charge in [0, 0.05) is 25.3 Å². The summed E-state index contributed by atoms with van der Waals surface area (Å²) < 4.78 is 5.26. The zero-order chi connectivity index (χ0) is 14.5. The number of nitrogen functional groups attached to an aromatic ring is 1. The summed E-state index contributed by atoms with van der Waals surface area (Å²) >= 11 is 0. The molecule has 0 aliphatic rings. The van der Waals surface area contributed by atoms with Crippen molar-refractivity contribution in [1.29, 1.82) is 0 Å². The standard InChI is InChI=1S/C17H22N2O/c1-4-13-5-7-14(8-6-13)12-19(2)15-9-10-16(18)17(11-15)20-3/h5-11H,4,12,18H2,1-3H3. The molecule has 0 aliphatic heterocycles. The lowest BCUT2D eigenvalue weighted by molar-refractivity contribution is 0.417. The summed E-state index contributed by atoms with van der Waals surface area (Å²) in [6.07, 6.45) is 1.07. The Balaban J connectivity index is 2.12. The molecule has 0 saturated carbocycles. The van der Waals surface area contributed by atoms with Crippen LogP contribution in [-0.4, -0.2) is 14.2 Å². The van der Waals surface area contributed by atoms with E-state index in [-0.39, 0.29) is 0 Å². The minimum Gasteiger partial charge on any atom is -0.495 e. The fourth-order valence-corrected chi connectivity index (χ4v) is 2.18. The first-order valence-corrected chi connectivity index (χ1v) is 6.86. The lowest BCUT2D eigenvalue weighted by Crippen LogP contribution is -2.16. The van der Waals surface area contributed by atoms with Crippen molar-refractivity contribution in [3.63, 3.8) is 0 Å². The summed E-state index contributed by atoms with van der Waals surface area (Å²) in [5, 5.41) is 0. The van der Waals surface area contributed by atoms with E-state index in [1.807, 2.05) is 18.2 Å². The summed E-state index contributed by atoms with van der Waals surface area (Å²) in [7, 11) is 3.71. The number of nitrogens with two attached hydrogens (primary N) is 1. The molecule has 0 radical (unpaired) electrons. The van der Waals surface area contributed by atoms with E-state index >= 15 is 0 Å². The van der Waals surface area contributed by atoms with Crippen molar-refractivity contribution in [2.45, 2.75) is 19.9 Å². The fourth-order valence-electron chi connectivity index (χ4n) is 2.18. The van der Waals surface area contributed by atoms with Crippen LogP contribution in [0.2, 0.25) is 0 Å². The number of rotatable bonds is 5. The molecule has 0 unspecified atom stereocenters. The van der Waals surface area contributed by atoms with Crippen LogP contribution in [0.15, 0.2) is 42.5 Å². The van der Waals surface area contributed by atoms with Gasteiger partial charge in [-0.25, -0.2) is 0 Å². The highest BCUT2D eigenvalue weighted by Gasteiger charge is 2.06. The van der Waals surface area contributed by atoms with Crippen LogP contribution in [0.1, 0.15) is 18.1 Å². The average Bonchev–Trinajstić information content (AvgIpc) is 2.48. The molecule has 3 heteroatoms. The average molecular weight is 270 g/mol. The highest BCUT2D eigenvalue weighted by atomic mass is 16.5. The molecule has 2 aromatic rings. The van der Waals surface area contributed by atoms with Crippen LogP contribution in [0.4, 0.5) is 11.4 Å². The molecule has 0 fully saturated rings. The molecule has 2 N–H and O–H groups in total. The maximum Gasteiger partial charge on any atom is 0.143 e. The van der Waals surface area contributed by atoms with Crippen molar-refractivity contribution in [2.24, 2.45) is 0 Å². The third kappa shape index (κ3) is 3.23. The van der Waals surface area contributed by atoms with Crippen molar-refractivity contribution in [3.8, 4) is 5.75 Å². The second-order valence-electron chi connectivity index (χ2n) is 4.95. The van der Waals surface area contributed by atoms with E-state index in [0.29, 0.717) is 5.69 Å². The molecule has 2 rings (SSSR count). The number of aryl methyl sites for hydroxylation is 1. The summed E-state index contributed by atoms with van der Waals surface area (Å²) in [5.41, 5.74) is 10.3. The Bertz CT molecular complexity index is 564. The topological polar surface area (TPSA) is 38.5 Å². The van der Waals surface area contributed by atoms with Crippen LogP contribution < -0.4 is 15.4 Å². The molecule has 0 amide bonds. The summed E-state index contributed by atoms with van der Waals surface area (Å²) in [6, 6.07) is 14.6. The van der Waals surface area contributed by atoms with Gasteiger partial charge in [0.15, 0.2) is 0 Å². The first-order chi connectivity index (χ1) is 9.63. The highest BCUT2D eigenvalue weighted by molar-refractivity contribution is 5.62. The normalized spacial score (nSPS) is 10.3. The molecule has 0 atom stereocenters. The number of hydrogen-bond donors (Lipinski definition) is 1. The zero-order valence-corrected chi connectivity index (χ0v) is 12.4. The summed E-state index contributed by atoms with van der Waals surface area (Å²) in [5.74, 6) is 0.718. The second-order valence-corrected chi connectivity index (χ2v) is 4.95. The molecule has 0 saturated heterocycles. The van der Waals surface area contributed by atoms with Gasteiger partial charge in [-0.2, -0.15) is 0 Å². The van der Waals surface area contributed by atoms with Crippen LogP contribution in [0.3, 0.4) is 0 Å². The van der Waals surface area contributed by atoms with Gasteiger partial charge in [-0.1, -0.05) is 31.2 Å². The van der Waals surface area contributed by atoms with Crippen LogP contribution in [-0.2, 0) is 13.0 Å². The summed E-state index contributed by atoms with van der Waals surface area (Å²) in [6.45, 7) is 3.03. The van der Waals surface area contributed by atoms with E-state index in [1.165, 1.54) is 11.1 Å². The van der Waals surface area contributed by atoms with Crippen molar-refractivity contribution >= 4 is 11.4 Å². The number of anilines is 2. The third-order valence-electron chi connectivity index (χ3n) is 3.51. The predicted molar refractivity (Wildman–Crippen MR) is 85.3 cm³/mol. The number of hydrogen-bond acceptors (Lipinski definition) is 3. The lowest BCUT2D eigenvalue weighted by atomic mass is 10.1. The Morgan fingerprint density at radius 1 is 1.05 bits per heavy atom. The fraction of sp³-hybridized carbons (Fsp3) is 0.294. The highest BCUT2D eigenvalue weighted by Crippen LogP contribution is 2.27. The van der Waals surface area contributed by atoms with Gasteiger partial charge in [0.05, 0.1) is 12.8 Å². The van der Waals surface area contributed by atoms with Crippen LogP contribution in [0.25, 0.3) is 0 Å². The maximum atomic E-state index is 5.84. The van der Waals surface area contributed by atoms with E-state index in [2.05, 4.69) is 43.1 Å². The van der Waals surface area contributed by atoms with Crippen molar-refractivity contribution < 1.29 is 4.74 Å². The zero-order valence-electron chi connectivity index (χ0n) is 12.4. The SMILES string of the molecule is CCc1ccc(CN(C)c2ccc(N)c(OC)c2)cc1. The van der Waals surface area contributed by atoms with Crippen LogP contribution in [0.5, 0.6) is 5.75 Å². The Morgan fingerprint density at radius 2 is 1.70 bits per heavy atom. The molecule has 3 nitrogen and oxygen atoms in total. The quantitative estimate of drug-likeness (QED) is 0.845. The smallest absolute Gasteiger partial charge is 0.143 e. The van der Waals surface area contributed by atoms with E-state index in [1.54, 1.807) is 7.11 Å². The van der Waals surface area contributed by atoms with Gasteiger partial charge >= 0.3 is 0 Å². The number of benzene rings is 2.